The molecule has 0 spiro atoms. The van der Waals surface area contributed by atoms with Gasteiger partial charge in [-0.1, -0.05) is 48.5 Å². The summed E-state index contributed by atoms with van der Waals surface area (Å²) < 4.78 is 27.3. The maximum absolute atomic E-state index is 13.0. The Hall–Kier alpha value is -2.36. The van der Waals surface area contributed by atoms with Crippen molar-refractivity contribution in [2.24, 2.45) is 5.92 Å². The minimum absolute atomic E-state index is 0.115. The van der Waals surface area contributed by atoms with E-state index in [-0.39, 0.29) is 23.3 Å². The van der Waals surface area contributed by atoms with Crippen LogP contribution in [0.25, 0.3) is 0 Å². The molecule has 2 amide bonds. The Morgan fingerprint density at radius 3 is 2.42 bits per heavy atom. The van der Waals surface area contributed by atoms with Crippen LogP contribution in [0.3, 0.4) is 0 Å². The van der Waals surface area contributed by atoms with E-state index in [9.17, 15) is 18.0 Å². The van der Waals surface area contributed by atoms with Crippen molar-refractivity contribution in [3.05, 3.63) is 66.2 Å². The van der Waals surface area contributed by atoms with Crippen molar-refractivity contribution in [2.45, 2.75) is 36.7 Å². The summed E-state index contributed by atoms with van der Waals surface area (Å²) in [5, 5.41) is 5.79. The lowest BCUT2D eigenvalue weighted by molar-refractivity contribution is -0.132. The molecule has 1 saturated heterocycles. The lowest BCUT2D eigenvalue weighted by atomic mass is 9.98. The van der Waals surface area contributed by atoms with Gasteiger partial charge in [0.2, 0.25) is 21.8 Å². The fourth-order valence-corrected chi connectivity index (χ4v) is 5.83. The van der Waals surface area contributed by atoms with Crippen LogP contribution in [0.2, 0.25) is 0 Å². The number of nitrogens with one attached hydrogen (secondary N) is 2. The molecule has 3 rings (SSSR count). The Bertz CT molecular complexity index is 1020. The molecule has 0 aromatic heterocycles. The molecular formula is C24H31N3O4S2. The van der Waals surface area contributed by atoms with E-state index < -0.39 is 22.0 Å². The molecule has 2 aromatic carbocycles. The van der Waals surface area contributed by atoms with Crippen LogP contribution in [0.5, 0.6) is 0 Å². The highest BCUT2D eigenvalue weighted by atomic mass is 32.2. The maximum atomic E-state index is 13.0. The van der Waals surface area contributed by atoms with Crippen molar-refractivity contribution in [3.63, 3.8) is 0 Å². The molecule has 1 aliphatic rings. The zero-order valence-electron chi connectivity index (χ0n) is 18.8. The van der Waals surface area contributed by atoms with Crippen LogP contribution in [0.4, 0.5) is 0 Å². The van der Waals surface area contributed by atoms with Crippen molar-refractivity contribution in [2.75, 3.05) is 25.1 Å². The van der Waals surface area contributed by atoms with Crippen LogP contribution in [0.1, 0.15) is 24.8 Å². The number of nitrogens with zero attached hydrogens (tertiary/aromatic N) is 1. The van der Waals surface area contributed by atoms with Gasteiger partial charge in [0, 0.05) is 19.6 Å². The maximum Gasteiger partial charge on any atom is 0.243 e. The van der Waals surface area contributed by atoms with Crippen LogP contribution in [0.15, 0.2) is 65.6 Å². The molecule has 2 aromatic rings. The Kier molecular flexibility index (Phi) is 9.34. The highest BCUT2D eigenvalue weighted by Gasteiger charge is 2.34. The molecule has 33 heavy (non-hydrogen) atoms. The quantitative estimate of drug-likeness (QED) is 0.535. The monoisotopic (exact) mass is 489 g/mol. The van der Waals surface area contributed by atoms with E-state index in [1.165, 1.54) is 4.31 Å². The van der Waals surface area contributed by atoms with Gasteiger partial charge >= 0.3 is 0 Å². The van der Waals surface area contributed by atoms with E-state index in [4.69, 9.17) is 0 Å². The Morgan fingerprint density at radius 2 is 1.76 bits per heavy atom. The molecule has 7 nitrogen and oxygen atoms in total. The molecule has 178 valence electrons. The van der Waals surface area contributed by atoms with Crippen molar-refractivity contribution < 1.29 is 18.0 Å². The third kappa shape index (κ3) is 7.06. The van der Waals surface area contributed by atoms with E-state index in [0.717, 1.165) is 11.3 Å². The van der Waals surface area contributed by atoms with Gasteiger partial charge < -0.3 is 10.6 Å². The molecule has 0 saturated carbocycles. The summed E-state index contributed by atoms with van der Waals surface area (Å²) >= 11 is 1.61. The first-order valence-corrected chi connectivity index (χ1v) is 13.9. The number of rotatable bonds is 10. The summed E-state index contributed by atoms with van der Waals surface area (Å²) in [6, 6.07) is 17.2. The second kappa shape index (κ2) is 12.2. The highest BCUT2D eigenvalue weighted by Crippen LogP contribution is 2.24. The number of piperidine rings is 1. The number of benzene rings is 2. The Labute approximate surface area is 200 Å². The van der Waals surface area contributed by atoms with Gasteiger partial charge in [0.15, 0.2) is 0 Å². The number of sulfonamides is 1. The first-order valence-electron chi connectivity index (χ1n) is 11.1. The largest absolute Gasteiger partial charge is 0.350 e. The van der Waals surface area contributed by atoms with Gasteiger partial charge in [-0.15, -0.1) is 0 Å². The first kappa shape index (κ1) is 25.3. The lowest BCUT2D eigenvalue weighted by Crippen LogP contribution is -2.51. The second-order valence-corrected chi connectivity index (χ2v) is 11.0. The smallest absolute Gasteiger partial charge is 0.243 e. The van der Waals surface area contributed by atoms with Crippen molar-refractivity contribution in [3.8, 4) is 0 Å². The molecule has 1 heterocycles. The van der Waals surface area contributed by atoms with Gasteiger partial charge in [0.25, 0.3) is 0 Å². The van der Waals surface area contributed by atoms with Crippen molar-refractivity contribution in [1.82, 2.24) is 14.9 Å². The third-order valence-corrected chi connectivity index (χ3v) is 8.21. The molecule has 1 aliphatic heterocycles. The third-order valence-electron chi connectivity index (χ3n) is 5.69. The summed E-state index contributed by atoms with van der Waals surface area (Å²) in [6.45, 7) is 0.885. The summed E-state index contributed by atoms with van der Waals surface area (Å²) in [5.41, 5.74) is 0.981. The predicted octanol–water partition coefficient (Wildman–Crippen LogP) is 2.64. The number of hydrogen-bond donors (Lipinski definition) is 2. The summed E-state index contributed by atoms with van der Waals surface area (Å²) in [5.74, 6) is -0.270. The molecule has 2 atom stereocenters. The van der Waals surface area contributed by atoms with Crippen molar-refractivity contribution >= 4 is 33.6 Å². The summed E-state index contributed by atoms with van der Waals surface area (Å²) in [7, 11) is -3.66. The SMILES string of the molecule is CSCC[C@H](NC(=O)C1CCCN(S(=O)(=O)c2ccccc2)C1)C(=O)NCc1ccccc1. The molecule has 2 N–H and O–H groups in total. The average Bonchev–Trinajstić information content (AvgIpc) is 2.86. The minimum Gasteiger partial charge on any atom is -0.350 e. The average molecular weight is 490 g/mol. The Morgan fingerprint density at radius 1 is 1.09 bits per heavy atom. The van der Waals surface area contributed by atoms with Gasteiger partial charge in [0.1, 0.15) is 6.04 Å². The number of thioether (sulfide) groups is 1. The number of carbonyl (C=O) groups excluding carboxylic acids is 2. The van der Waals surface area contributed by atoms with E-state index in [2.05, 4.69) is 10.6 Å². The zero-order valence-corrected chi connectivity index (χ0v) is 20.4. The molecule has 0 bridgehead atoms. The predicted molar refractivity (Wildman–Crippen MR) is 131 cm³/mol. The summed E-state index contributed by atoms with van der Waals surface area (Å²) in [6.07, 6.45) is 3.65. The van der Waals surface area contributed by atoms with Gasteiger partial charge in [-0.2, -0.15) is 16.1 Å². The fraction of sp³-hybridized carbons (Fsp3) is 0.417. The Balaban J connectivity index is 1.62. The van der Waals surface area contributed by atoms with Crippen LogP contribution < -0.4 is 10.6 Å². The number of hydrogen-bond acceptors (Lipinski definition) is 5. The van der Waals surface area contributed by atoms with Gasteiger partial charge in [-0.25, -0.2) is 8.42 Å². The van der Waals surface area contributed by atoms with E-state index in [0.29, 0.717) is 32.4 Å². The van der Waals surface area contributed by atoms with Crippen LogP contribution in [-0.2, 0) is 26.2 Å². The number of amides is 2. The zero-order chi connectivity index (χ0) is 23.7. The molecular weight excluding hydrogens is 458 g/mol. The van der Waals surface area contributed by atoms with E-state index in [1.54, 1.807) is 42.1 Å². The van der Waals surface area contributed by atoms with Crippen molar-refractivity contribution in [1.29, 1.82) is 0 Å². The topological polar surface area (TPSA) is 95.6 Å². The van der Waals surface area contributed by atoms with Crippen LogP contribution in [0, 0.1) is 5.92 Å². The highest BCUT2D eigenvalue weighted by molar-refractivity contribution is 7.98. The normalized spacial score (nSPS) is 17.8. The summed E-state index contributed by atoms with van der Waals surface area (Å²) in [4.78, 5) is 26.1. The molecule has 0 radical (unpaired) electrons. The standard InChI is InChI=1S/C24H31N3O4S2/c1-32-16-14-22(24(29)25-17-19-9-4-2-5-10-19)26-23(28)20-11-8-15-27(18-20)33(30,31)21-12-6-3-7-13-21/h2-7,9-10,12-13,20,22H,8,11,14-18H2,1H3,(H,25,29)(H,26,28)/t20?,22-/m0/s1. The second-order valence-electron chi connectivity index (χ2n) is 8.06. The first-order chi connectivity index (χ1) is 15.9. The minimum atomic E-state index is -3.66. The number of carbonyl (C=O) groups is 2. The molecule has 1 fully saturated rings. The van der Waals surface area contributed by atoms with Crippen LogP contribution >= 0.6 is 11.8 Å². The molecule has 1 unspecified atom stereocenters. The fourth-order valence-electron chi connectivity index (χ4n) is 3.82. The van der Waals surface area contributed by atoms with Gasteiger partial charge in [-0.05, 0) is 49.0 Å². The molecule has 0 aliphatic carbocycles. The van der Waals surface area contributed by atoms with E-state index in [1.807, 2.05) is 36.6 Å². The van der Waals surface area contributed by atoms with Gasteiger partial charge in [-0.3, -0.25) is 9.59 Å². The molecule has 9 heteroatoms. The van der Waals surface area contributed by atoms with Gasteiger partial charge in [0.05, 0.1) is 10.8 Å². The van der Waals surface area contributed by atoms with Crippen LogP contribution in [-0.4, -0.2) is 55.7 Å². The van der Waals surface area contributed by atoms with E-state index >= 15 is 0 Å². The lowest BCUT2D eigenvalue weighted by Gasteiger charge is -2.32.